The Bertz CT molecular complexity index is 718. The Hall–Kier alpha value is -1.29. The van der Waals surface area contributed by atoms with Crippen LogP contribution < -0.4 is 0 Å². The lowest BCUT2D eigenvalue weighted by Gasteiger charge is -2.36. The van der Waals surface area contributed by atoms with Crippen LogP contribution in [0, 0.1) is 0 Å². The summed E-state index contributed by atoms with van der Waals surface area (Å²) in [6.07, 6.45) is 1.41. The Morgan fingerprint density at radius 1 is 1.08 bits per heavy atom. The highest BCUT2D eigenvalue weighted by atomic mass is 32.2. The minimum Gasteiger partial charge on any atom is -0.385 e. The van der Waals surface area contributed by atoms with Gasteiger partial charge in [0.2, 0.25) is 0 Å². The Balaban J connectivity index is 1.78. The third-order valence-electron chi connectivity index (χ3n) is 4.87. The minimum atomic E-state index is -0.773. The lowest BCUT2D eigenvalue weighted by Crippen LogP contribution is -2.37. The average Bonchev–Trinajstić information content (AvgIpc) is 2.55. The molecule has 1 N–H and O–H groups in total. The highest BCUT2D eigenvalue weighted by Crippen LogP contribution is 2.37. The first-order chi connectivity index (χ1) is 11.8. The Labute approximate surface area is 155 Å². The standard InChI is InChI=1S/C22H28O2S/c1-16-15-22(23,12-13-24-16)18-6-5-7-20(14-18)25-19-10-8-17(9-11-19)21(2,3)4/h5-11,14,16,23H,12-13,15H2,1-4H3. The van der Waals surface area contributed by atoms with Crippen molar-refractivity contribution in [1.29, 1.82) is 0 Å². The van der Waals surface area contributed by atoms with Crippen molar-refractivity contribution >= 4 is 11.8 Å². The number of rotatable bonds is 3. The fraction of sp³-hybridized carbons (Fsp3) is 0.455. The van der Waals surface area contributed by atoms with Gasteiger partial charge < -0.3 is 9.84 Å². The normalized spacial score (nSPS) is 24.3. The van der Waals surface area contributed by atoms with Crippen LogP contribution in [0.25, 0.3) is 0 Å². The van der Waals surface area contributed by atoms with Gasteiger partial charge in [0.05, 0.1) is 18.3 Å². The first kappa shape index (κ1) is 18.5. The molecule has 2 aromatic rings. The first-order valence-electron chi connectivity index (χ1n) is 8.99. The second kappa shape index (κ2) is 7.14. The Kier molecular flexibility index (Phi) is 5.29. The zero-order chi connectivity index (χ0) is 18.1. The summed E-state index contributed by atoms with van der Waals surface area (Å²) in [5.41, 5.74) is 1.74. The van der Waals surface area contributed by atoms with E-state index in [1.54, 1.807) is 11.8 Å². The molecule has 1 saturated heterocycles. The van der Waals surface area contributed by atoms with Crippen LogP contribution in [0.5, 0.6) is 0 Å². The molecule has 3 rings (SSSR count). The van der Waals surface area contributed by atoms with Crippen molar-refractivity contribution in [1.82, 2.24) is 0 Å². The van der Waals surface area contributed by atoms with E-state index in [0.717, 1.165) is 10.5 Å². The summed E-state index contributed by atoms with van der Waals surface area (Å²) in [4.78, 5) is 2.38. The highest BCUT2D eigenvalue weighted by molar-refractivity contribution is 7.99. The quantitative estimate of drug-likeness (QED) is 0.785. The van der Waals surface area contributed by atoms with Crippen LogP contribution in [0.4, 0.5) is 0 Å². The van der Waals surface area contributed by atoms with Gasteiger partial charge >= 0.3 is 0 Å². The second-order valence-corrected chi connectivity index (χ2v) is 9.22. The minimum absolute atomic E-state index is 0.0972. The predicted octanol–water partition coefficient (Wildman–Crippen LogP) is 5.52. The van der Waals surface area contributed by atoms with Gasteiger partial charge in [0.25, 0.3) is 0 Å². The molecule has 1 heterocycles. The van der Waals surface area contributed by atoms with Gasteiger partial charge in [-0.05, 0) is 47.7 Å². The van der Waals surface area contributed by atoms with Gasteiger partial charge in [-0.15, -0.1) is 0 Å². The number of ether oxygens (including phenoxy) is 1. The fourth-order valence-corrected chi connectivity index (χ4v) is 4.21. The van der Waals surface area contributed by atoms with E-state index < -0.39 is 5.60 Å². The van der Waals surface area contributed by atoms with Crippen molar-refractivity contribution in [3.63, 3.8) is 0 Å². The average molecular weight is 357 g/mol. The second-order valence-electron chi connectivity index (χ2n) is 8.07. The molecule has 1 aliphatic rings. The third-order valence-corrected chi connectivity index (χ3v) is 5.87. The maximum Gasteiger partial charge on any atom is 0.0943 e. The lowest BCUT2D eigenvalue weighted by molar-refractivity contribution is -0.101. The van der Waals surface area contributed by atoms with Crippen LogP contribution in [0.3, 0.4) is 0 Å². The van der Waals surface area contributed by atoms with E-state index in [1.165, 1.54) is 10.5 Å². The van der Waals surface area contributed by atoms with Gasteiger partial charge in [0.1, 0.15) is 0 Å². The molecule has 0 saturated carbocycles. The predicted molar refractivity (Wildman–Crippen MR) is 104 cm³/mol. The molecule has 25 heavy (non-hydrogen) atoms. The number of aliphatic hydroxyl groups is 1. The Morgan fingerprint density at radius 3 is 2.44 bits per heavy atom. The first-order valence-corrected chi connectivity index (χ1v) is 9.81. The van der Waals surface area contributed by atoms with Crippen molar-refractivity contribution in [3.8, 4) is 0 Å². The molecule has 1 aliphatic heterocycles. The van der Waals surface area contributed by atoms with Gasteiger partial charge in [-0.25, -0.2) is 0 Å². The molecule has 0 aliphatic carbocycles. The van der Waals surface area contributed by atoms with Crippen LogP contribution in [-0.2, 0) is 15.8 Å². The molecular weight excluding hydrogens is 328 g/mol. The molecule has 0 bridgehead atoms. The SMILES string of the molecule is CC1CC(O)(c2cccc(Sc3ccc(C(C)(C)C)cc3)c2)CCO1. The Morgan fingerprint density at radius 2 is 1.80 bits per heavy atom. The van der Waals surface area contributed by atoms with Gasteiger partial charge in [-0.3, -0.25) is 0 Å². The van der Waals surface area contributed by atoms with Crippen molar-refractivity contribution in [2.75, 3.05) is 6.61 Å². The molecule has 0 spiro atoms. The van der Waals surface area contributed by atoms with Gasteiger partial charge in [-0.1, -0.05) is 56.8 Å². The molecule has 2 nitrogen and oxygen atoms in total. The summed E-state index contributed by atoms with van der Waals surface area (Å²) in [7, 11) is 0. The number of hydrogen-bond donors (Lipinski definition) is 1. The van der Waals surface area contributed by atoms with Gasteiger partial charge in [-0.2, -0.15) is 0 Å². The van der Waals surface area contributed by atoms with E-state index in [9.17, 15) is 5.11 Å². The topological polar surface area (TPSA) is 29.5 Å². The van der Waals surface area contributed by atoms with Gasteiger partial charge in [0, 0.05) is 22.6 Å². The smallest absolute Gasteiger partial charge is 0.0943 e. The number of benzene rings is 2. The zero-order valence-electron chi connectivity index (χ0n) is 15.6. The maximum absolute atomic E-state index is 11.0. The summed E-state index contributed by atoms with van der Waals surface area (Å²) in [5.74, 6) is 0. The maximum atomic E-state index is 11.0. The van der Waals surface area contributed by atoms with Gasteiger partial charge in [0.15, 0.2) is 0 Å². The van der Waals surface area contributed by atoms with E-state index in [2.05, 4.69) is 57.2 Å². The van der Waals surface area contributed by atoms with E-state index >= 15 is 0 Å². The van der Waals surface area contributed by atoms with Crippen LogP contribution in [0.1, 0.15) is 51.7 Å². The summed E-state index contributed by atoms with van der Waals surface area (Å²) in [6, 6.07) is 17.1. The largest absolute Gasteiger partial charge is 0.385 e. The van der Waals surface area contributed by atoms with Crippen LogP contribution in [0.15, 0.2) is 58.3 Å². The van der Waals surface area contributed by atoms with E-state index in [1.807, 2.05) is 19.1 Å². The zero-order valence-corrected chi connectivity index (χ0v) is 16.4. The molecule has 0 amide bonds. The number of hydrogen-bond acceptors (Lipinski definition) is 3. The summed E-state index contributed by atoms with van der Waals surface area (Å²) in [6.45, 7) is 9.33. The third kappa shape index (κ3) is 4.46. The lowest BCUT2D eigenvalue weighted by atomic mass is 9.84. The molecular formula is C22H28O2S. The summed E-state index contributed by atoms with van der Waals surface area (Å²) >= 11 is 1.74. The van der Waals surface area contributed by atoms with Crippen LogP contribution in [0.2, 0.25) is 0 Å². The molecule has 2 aromatic carbocycles. The molecule has 3 heteroatoms. The van der Waals surface area contributed by atoms with E-state index in [-0.39, 0.29) is 11.5 Å². The highest BCUT2D eigenvalue weighted by Gasteiger charge is 2.35. The summed E-state index contributed by atoms with van der Waals surface area (Å²) in [5, 5.41) is 11.0. The molecule has 2 atom stereocenters. The van der Waals surface area contributed by atoms with E-state index in [4.69, 9.17) is 4.74 Å². The van der Waals surface area contributed by atoms with Crippen LogP contribution >= 0.6 is 11.8 Å². The molecule has 1 fully saturated rings. The van der Waals surface area contributed by atoms with Crippen LogP contribution in [-0.4, -0.2) is 17.8 Å². The molecule has 134 valence electrons. The van der Waals surface area contributed by atoms with Crippen molar-refractivity contribution in [2.24, 2.45) is 0 Å². The molecule has 2 unspecified atom stereocenters. The fourth-order valence-electron chi connectivity index (χ4n) is 3.34. The molecule has 0 radical (unpaired) electrons. The molecule has 0 aromatic heterocycles. The van der Waals surface area contributed by atoms with Crippen molar-refractivity contribution in [3.05, 3.63) is 59.7 Å². The van der Waals surface area contributed by atoms with Crippen molar-refractivity contribution in [2.45, 2.75) is 67.4 Å². The summed E-state index contributed by atoms with van der Waals surface area (Å²) < 4.78 is 5.59. The van der Waals surface area contributed by atoms with E-state index in [0.29, 0.717) is 19.4 Å². The van der Waals surface area contributed by atoms with Crippen molar-refractivity contribution < 1.29 is 9.84 Å². The monoisotopic (exact) mass is 356 g/mol.